The highest BCUT2D eigenvalue weighted by atomic mass is 16.5. The van der Waals surface area contributed by atoms with Gasteiger partial charge in [-0.15, -0.1) is 0 Å². The fourth-order valence-electron chi connectivity index (χ4n) is 7.30. The molecule has 5 aliphatic rings. The van der Waals surface area contributed by atoms with Gasteiger partial charge in [-0.2, -0.15) is 0 Å². The maximum atomic E-state index is 13.9. The largest absolute Gasteiger partial charge is 0.455 e. The Labute approximate surface area is 208 Å². The van der Waals surface area contributed by atoms with Crippen molar-refractivity contribution in [3.8, 4) is 0 Å². The number of piperidine rings is 3. The maximum absolute atomic E-state index is 13.9. The first-order valence-corrected chi connectivity index (χ1v) is 13.9. The van der Waals surface area contributed by atoms with Crippen LogP contribution in [0.3, 0.4) is 0 Å². The Morgan fingerprint density at radius 2 is 1.91 bits per heavy atom. The monoisotopic (exact) mass is 475 g/mol. The van der Waals surface area contributed by atoms with Crippen molar-refractivity contribution in [2.45, 2.75) is 76.7 Å². The Morgan fingerprint density at radius 1 is 1.11 bits per heavy atom. The Hall–Kier alpha value is -2.40. The Balaban J connectivity index is 1.11. The molecule has 0 unspecified atom stereocenters. The van der Waals surface area contributed by atoms with Crippen molar-refractivity contribution in [2.24, 2.45) is 11.3 Å². The number of hydrogen-bond donors (Lipinski definition) is 0. The number of nitrogens with zero attached hydrogens (tertiary/aromatic N) is 2. The molecule has 2 aliphatic carbocycles. The minimum absolute atomic E-state index is 0.0735. The molecule has 0 N–H and O–H groups in total. The topological polar surface area (TPSA) is 52.3 Å². The van der Waals surface area contributed by atoms with E-state index in [1.807, 2.05) is 24.3 Å². The third kappa shape index (κ3) is 4.48. The summed E-state index contributed by atoms with van der Waals surface area (Å²) in [5.74, 6) is 1.46. The standard InChI is InChI=1S/C30H39N2O3/c33-29(30(24-10-3-4-11-24)17-7-1-2-8-18-30)35-27-22-32(20-15-23(27)16-21-32)19-9-14-28-31-25-12-5-6-13-26(25)34-28/h3-6,10,12-13,23,27H,1-2,7-9,11,14-22H2/q+1/t23?,27-,32?/m0/s1. The second kappa shape index (κ2) is 9.57. The van der Waals surface area contributed by atoms with Crippen LogP contribution in [0.25, 0.3) is 11.1 Å². The van der Waals surface area contributed by atoms with Gasteiger partial charge in [0.25, 0.3) is 0 Å². The molecule has 1 aromatic heterocycles. The zero-order valence-electron chi connectivity index (χ0n) is 20.9. The van der Waals surface area contributed by atoms with Gasteiger partial charge in [-0.1, -0.05) is 56.0 Å². The smallest absolute Gasteiger partial charge is 0.316 e. The number of aryl methyl sites for hydroxylation is 1. The number of rotatable bonds is 7. The van der Waals surface area contributed by atoms with Crippen molar-refractivity contribution in [3.05, 3.63) is 54.0 Å². The fourth-order valence-corrected chi connectivity index (χ4v) is 7.30. The lowest BCUT2D eigenvalue weighted by atomic mass is 9.73. The summed E-state index contributed by atoms with van der Waals surface area (Å²) in [5.41, 5.74) is 2.73. The SMILES string of the molecule is O=C(O[C@H]1C[N+]2(CCCc3nc4ccccc4o3)CCC1CC2)C1(C2=CC=CC2)CCCCCC1. The van der Waals surface area contributed by atoms with Crippen molar-refractivity contribution < 1.29 is 18.4 Å². The van der Waals surface area contributed by atoms with E-state index in [0.29, 0.717) is 5.92 Å². The highest BCUT2D eigenvalue weighted by Gasteiger charge is 2.50. The molecule has 1 aromatic carbocycles. The van der Waals surface area contributed by atoms with Crippen molar-refractivity contribution in [1.82, 2.24) is 4.98 Å². The summed E-state index contributed by atoms with van der Waals surface area (Å²) >= 11 is 0. The summed E-state index contributed by atoms with van der Waals surface area (Å²) in [6.45, 7) is 4.52. The molecule has 0 amide bonds. The van der Waals surface area contributed by atoms with E-state index in [9.17, 15) is 4.79 Å². The summed E-state index contributed by atoms with van der Waals surface area (Å²) in [6, 6.07) is 8.00. The molecular formula is C30H39N2O3+. The van der Waals surface area contributed by atoms with Gasteiger partial charge < -0.3 is 13.6 Å². The lowest BCUT2D eigenvalue weighted by molar-refractivity contribution is -0.946. The molecule has 2 aromatic rings. The molecule has 7 rings (SSSR count). The summed E-state index contributed by atoms with van der Waals surface area (Å²) in [4.78, 5) is 18.5. The van der Waals surface area contributed by atoms with Gasteiger partial charge in [-0.25, -0.2) is 4.98 Å². The number of para-hydroxylation sites is 2. The van der Waals surface area contributed by atoms with E-state index in [2.05, 4.69) is 23.2 Å². The number of benzene rings is 1. The van der Waals surface area contributed by atoms with Gasteiger partial charge in [0, 0.05) is 31.6 Å². The molecule has 4 fully saturated rings. The second-order valence-electron chi connectivity index (χ2n) is 11.5. The van der Waals surface area contributed by atoms with Gasteiger partial charge in [0.05, 0.1) is 25.0 Å². The lowest BCUT2D eigenvalue weighted by Crippen LogP contribution is -2.65. The Bertz CT molecular complexity index is 1080. The van der Waals surface area contributed by atoms with E-state index < -0.39 is 0 Å². The fraction of sp³-hybridized carbons (Fsp3) is 0.600. The van der Waals surface area contributed by atoms with E-state index in [0.717, 1.165) is 79.5 Å². The normalized spacial score (nSPS) is 29.8. The van der Waals surface area contributed by atoms with Gasteiger partial charge in [-0.3, -0.25) is 4.79 Å². The number of allylic oxidation sites excluding steroid dienone is 3. The summed E-state index contributed by atoms with van der Waals surface area (Å²) in [5, 5.41) is 0. The highest BCUT2D eigenvalue weighted by Crippen LogP contribution is 2.46. The van der Waals surface area contributed by atoms with Crippen LogP contribution in [0.5, 0.6) is 0 Å². The average Bonchev–Trinajstić information content (AvgIpc) is 3.50. The minimum atomic E-state index is -0.385. The highest BCUT2D eigenvalue weighted by molar-refractivity contribution is 5.81. The molecule has 0 radical (unpaired) electrons. The average molecular weight is 476 g/mol. The van der Waals surface area contributed by atoms with E-state index in [1.54, 1.807) is 0 Å². The predicted molar refractivity (Wildman–Crippen MR) is 137 cm³/mol. The van der Waals surface area contributed by atoms with Gasteiger partial charge in [0.1, 0.15) is 12.1 Å². The molecule has 5 nitrogen and oxygen atoms in total. The molecule has 1 atom stereocenters. The number of quaternary nitrogens is 1. The quantitative estimate of drug-likeness (QED) is 0.274. The number of carbonyl (C=O) groups is 1. The first kappa shape index (κ1) is 23.0. The number of oxazole rings is 1. The summed E-state index contributed by atoms with van der Waals surface area (Å²) in [6.07, 6.45) is 18.5. The van der Waals surface area contributed by atoms with Gasteiger partial charge in [0.15, 0.2) is 17.6 Å². The molecule has 0 spiro atoms. The van der Waals surface area contributed by atoms with Crippen molar-refractivity contribution in [2.75, 3.05) is 26.2 Å². The first-order valence-electron chi connectivity index (χ1n) is 13.9. The van der Waals surface area contributed by atoms with E-state index >= 15 is 0 Å². The molecule has 1 saturated carbocycles. The third-order valence-corrected chi connectivity index (χ3v) is 9.39. The Kier molecular flexibility index (Phi) is 6.30. The molecule has 2 bridgehead atoms. The molecule has 3 aliphatic heterocycles. The zero-order chi connectivity index (χ0) is 23.7. The summed E-state index contributed by atoms with van der Waals surface area (Å²) in [7, 11) is 0. The maximum Gasteiger partial charge on any atom is 0.316 e. The van der Waals surface area contributed by atoms with Crippen LogP contribution in [0, 0.1) is 11.3 Å². The summed E-state index contributed by atoms with van der Waals surface area (Å²) < 4.78 is 13.5. The number of fused-ring (bicyclic) bond motifs is 4. The van der Waals surface area contributed by atoms with Gasteiger partial charge in [-0.05, 0) is 37.0 Å². The third-order valence-electron chi connectivity index (χ3n) is 9.39. The number of hydrogen-bond acceptors (Lipinski definition) is 4. The van der Waals surface area contributed by atoms with E-state index in [1.165, 1.54) is 44.3 Å². The van der Waals surface area contributed by atoms with Crippen molar-refractivity contribution in [3.63, 3.8) is 0 Å². The van der Waals surface area contributed by atoms with Crippen LogP contribution in [0.4, 0.5) is 0 Å². The number of ether oxygens (including phenoxy) is 1. The van der Waals surface area contributed by atoms with Crippen LogP contribution < -0.4 is 0 Å². The lowest BCUT2D eigenvalue weighted by Gasteiger charge is -2.52. The zero-order valence-corrected chi connectivity index (χ0v) is 20.9. The number of carbonyl (C=O) groups excluding carboxylic acids is 1. The van der Waals surface area contributed by atoms with E-state index in [-0.39, 0.29) is 17.5 Å². The molecule has 5 heteroatoms. The van der Waals surface area contributed by atoms with Crippen LogP contribution in [0.2, 0.25) is 0 Å². The van der Waals surface area contributed by atoms with Crippen LogP contribution in [-0.2, 0) is 16.0 Å². The van der Waals surface area contributed by atoms with Crippen LogP contribution in [-0.4, -0.2) is 47.7 Å². The molecular weight excluding hydrogens is 436 g/mol. The minimum Gasteiger partial charge on any atom is -0.455 e. The molecule has 186 valence electrons. The van der Waals surface area contributed by atoms with Crippen LogP contribution >= 0.6 is 0 Å². The number of esters is 1. The van der Waals surface area contributed by atoms with Crippen LogP contribution in [0.1, 0.15) is 70.1 Å². The van der Waals surface area contributed by atoms with E-state index in [4.69, 9.17) is 9.15 Å². The van der Waals surface area contributed by atoms with Crippen molar-refractivity contribution in [1.29, 1.82) is 0 Å². The van der Waals surface area contributed by atoms with Gasteiger partial charge in [0.2, 0.25) is 0 Å². The van der Waals surface area contributed by atoms with Crippen molar-refractivity contribution >= 4 is 17.1 Å². The van der Waals surface area contributed by atoms with Gasteiger partial charge >= 0.3 is 5.97 Å². The Morgan fingerprint density at radius 3 is 2.66 bits per heavy atom. The molecule has 35 heavy (non-hydrogen) atoms. The number of aromatic nitrogens is 1. The first-order chi connectivity index (χ1) is 17.2. The van der Waals surface area contributed by atoms with Crippen LogP contribution in [0.15, 0.2) is 52.5 Å². The second-order valence-corrected chi connectivity index (χ2v) is 11.5. The molecule has 4 heterocycles. The predicted octanol–water partition coefficient (Wildman–Crippen LogP) is 6.14. The molecule has 3 saturated heterocycles.